The topological polar surface area (TPSA) is 20.2 Å². The minimum atomic E-state index is -0.0686. The van der Waals surface area contributed by atoms with E-state index >= 15 is 0 Å². The van der Waals surface area contributed by atoms with Gasteiger partial charge >= 0.3 is 0 Å². The summed E-state index contributed by atoms with van der Waals surface area (Å²) in [7, 11) is 0.800. The van der Waals surface area contributed by atoms with E-state index in [-0.39, 0.29) is 10.8 Å². The molecule has 0 fully saturated rings. The summed E-state index contributed by atoms with van der Waals surface area (Å²) in [4.78, 5) is 1.32. The quantitative estimate of drug-likeness (QED) is 0.353. The zero-order valence-electron chi connectivity index (χ0n) is 20.3. The van der Waals surface area contributed by atoms with Crippen LogP contribution < -0.4 is 5.19 Å². The molecule has 0 atom stereocenters. The van der Waals surface area contributed by atoms with Crippen LogP contribution in [0.2, 0.25) is 0 Å². The molecule has 0 aliphatic rings. The van der Waals surface area contributed by atoms with Gasteiger partial charge in [-0.2, -0.15) is 0 Å². The molecule has 0 aliphatic heterocycles. The first-order valence-electron chi connectivity index (χ1n) is 11.3. The Hall–Kier alpha value is -1.19. The van der Waals surface area contributed by atoms with Gasteiger partial charge in [-0.3, -0.25) is 0 Å². The number of benzene rings is 2. The maximum Gasteiger partial charge on any atom is 0.119 e. The molecule has 2 rings (SSSR count). The molecule has 164 valence electrons. The summed E-state index contributed by atoms with van der Waals surface area (Å²) >= 11 is 1.95. The third-order valence-electron chi connectivity index (χ3n) is 5.50. The van der Waals surface area contributed by atoms with Gasteiger partial charge < -0.3 is 5.11 Å². The van der Waals surface area contributed by atoms with Crippen LogP contribution in [0.3, 0.4) is 0 Å². The van der Waals surface area contributed by atoms with Crippen molar-refractivity contribution in [2.45, 2.75) is 96.8 Å². The van der Waals surface area contributed by atoms with Crippen LogP contribution >= 0.6 is 11.8 Å². The highest BCUT2D eigenvalue weighted by atomic mass is 32.2. The molecule has 0 aliphatic carbocycles. The van der Waals surface area contributed by atoms with Gasteiger partial charge in [-0.25, -0.2) is 0 Å². The summed E-state index contributed by atoms with van der Waals surface area (Å²) < 4.78 is 0. The third kappa shape index (κ3) is 6.40. The van der Waals surface area contributed by atoms with Crippen molar-refractivity contribution in [2.24, 2.45) is 0 Å². The molecule has 2 aromatic rings. The van der Waals surface area contributed by atoms with Crippen molar-refractivity contribution >= 4 is 26.5 Å². The Balaban J connectivity index is 2.30. The highest BCUT2D eigenvalue weighted by Gasteiger charge is 2.25. The predicted octanol–water partition coefficient (Wildman–Crippen LogP) is 6.97. The van der Waals surface area contributed by atoms with Crippen LogP contribution in [0, 0.1) is 0 Å². The Kier molecular flexibility index (Phi) is 8.70. The van der Waals surface area contributed by atoms with Gasteiger partial charge in [0, 0.05) is 10.5 Å². The lowest BCUT2D eigenvalue weighted by molar-refractivity contribution is 0.441. The number of thioether (sulfide) groups is 1. The highest BCUT2D eigenvalue weighted by Crippen LogP contribution is 2.40. The van der Waals surface area contributed by atoms with Crippen LogP contribution in [-0.2, 0) is 23.7 Å². The smallest absolute Gasteiger partial charge is 0.119 e. The molecule has 0 aromatic heterocycles. The average molecular weight is 441 g/mol. The van der Waals surface area contributed by atoms with Crippen LogP contribution in [-0.4, -0.2) is 20.0 Å². The van der Waals surface area contributed by atoms with Crippen molar-refractivity contribution in [3.63, 3.8) is 0 Å². The lowest BCUT2D eigenvalue weighted by Crippen LogP contribution is -2.23. The van der Waals surface area contributed by atoms with Gasteiger partial charge in [0.1, 0.15) is 5.75 Å². The molecule has 0 heterocycles. The van der Waals surface area contributed by atoms with E-state index in [1.165, 1.54) is 36.1 Å². The molecular formula is C27H40OSSi. The van der Waals surface area contributed by atoms with E-state index < -0.39 is 0 Å². The second-order valence-electron chi connectivity index (χ2n) is 10.3. The summed E-state index contributed by atoms with van der Waals surface area (Å²) in [6.45, 7) is 17.8. The molecule has 0 amide bonds. The maximum absolute atomic E-state index is 10.7. The van der Waals surface area contributed by atoms with Gasteiger partial charge in [-0.05, 0) is 57.9 Å². The van der Waals surface area contributed by atoms with Crippen molar-refractivity contribution in [2.75, 3.05) is 5.38 Å². The first-order valence-corrected chi connectivity index (χ1v) is 13.5. The zero-order chi connectivity index (χ0) is 22.5. The summed E-state index contributed by atoms with van der Waals surface area (Å²) in [6.07, 6.45) is 4.77. The van der Waals surface area contributed by atoms with Gasteiger partial charge in [-0.1, -0.05) is 91.6 Å². The zero-order valence-corrected chi connectivity index (χ0v) is 22.1. The fourth-order valence-electron chi connectivity index (χ4n) is 3.92. The molecule has 30 heavy (non-hydrogen) atoms. The van der Waals surface area contributed by atoms with E-state index in [0.29, 0.717) is 5.75 Å². The number of phenolic OH excluding ortho intramolecular Hbond substituents is 1. The van der Waals surface area contributed by atoms with Crippen LogP contribution in [0.15, 0.2) is 35.2 Å². The van der Waals surface area contributed by atoms with Crippen LogP contribution in [0.5, 0.6) is 5.75 Å². The summed E-state index contributed by atoms with van der Waals surface area (Å²) in [5.41, 5.74) is 5.37. The van der Waals surface area contributed by atoms with Crippen LogP contribution in [0.4, 0.5) is 0 Å². The molecule has 1 nitrogen and oxygen atoms in total. The molecule has 3 heteroatoms. The van der Waals surface area contributed by atoms with Gasteiger partial charge in [0.2, 0.25) is 0 Å². The van der Waals surface area contributed by atoms with E-state index in [1.807, 2.05) is 17.8 Å². The number of rotatable bonds is 8. The van der Waals surface area contributed by atoms with Crippen molar-refractivity contribution in [3.8, 4) is 5.75 Å². The second kappa shape index (κ2) is 10.4. The minimum Gasteiger partial charge on any atom is -0.508 e. The first kappa shape index (κ1) is 25.1. The number of aromatic hydroxyl groups is 1. The fraction of sp³-hybridized carbons (Fsp3) is 0.556. The molecule has 0 saturated heterocycles. The van der Waals surface area contributed by atoms with Crippen molar-refractivity contribution in [1.29, 1.82) is 0 Å². The van der Waals surface area contributed by atoms with Crippen LogP contribution in [0.25, 0.3) is 0 Å². The van der Waals surface area contributed by atoms with Crippen molar-refractivity contribution in [3.05, 3.63) is 52.6 Å². The highest BCUT2D eigenvalue weighted by molar-refractivity contribution is 8.00. The Bertz CT molecular complexity index is 843. The molecule has 0 bridgehead atoms. The Morgan fingerprint density at radius 3 is 2.07 bits per heavy atom. The molecule has 2 aromatic carbocycles. The standard InChI is InChI=1S/C27H40OSSi/c1-9-12-19-14-11-15-25(20(19)13-10-2)30-18-29-24-17-21(26(3,4)5)23(28)16-22(24)27(6,7)8/h11,14-17,28H,9-10,12-13,18H2,1-8H3. The van der Waals surface area contributed by atoms with E-state index in [1.54, 1.807) is 16.3 Å². The largest absolute Gasteiger partial charge is 0.508 e. The van der Waals surface area contributed by atoms with Gasteiger partial charge in [0.05, 0.1) is 9.52 Å². The predicted molar refractivity (Wildman–Crippen MR) is 136 cm³/mol. The second-order valence-corrected chi connectivity index (χ2v) is 13.0. The Morgan fingerprint density at radius 1 is 0.867 bits per heavy atom. The van der Waals surface area contributed by atoms with E-state index in [2.05, 4.69) is 79.7 Å². The Labute approximate surface area is 191 Å². The van der Waals surface area contributed by atoms with E-state index in [0.717, 1.165) is 20.5 Å². The molecule has 0 unspecified atom stereocenters. The molecular weight excluding hydrogens is 400 g/mol. The lowest BCUT2D eigenvalue weighted by atomic mass is 9.81. The normalized spacial score (nSPS) is 12.4. The summed E-state index contributed by atoms with van der Waals surface area (Å²) in [5.74, 6) is 0.428. The monoisotopic (exact) mass is 440 g/mol. The molecule has 0 spiro atoms. The number of hydrogen-bond acceptors (Lipinski definition) is 2. The van der Waals surface area contributed by atoms with Crippen LogP contribution in [0.1, 0.15) is 90.5 Å². The third-order valence-corrected chi connectivity index (χ3v) is 8.15. The molecule has 1 N–H and O–H groups in total. The maximum atomic E-state index is 10.7. The summed E-state index contributed by atoms with van der Waals surface area (Å²) in [5, 5.41) is 13.3. The van der Waals surface area contributed by atoms with E-state index in [4.69, 9.17) is 0 Å². The van der Waals surface area contributed by atoms with E-state index in [9.17, 15) is 5.11 Å². The SMILES string of the molecule is CCCc1cccc([Si]CSc2cc(C(C)(C)C)c(O)cc2C(C)(C)C)c1CCC. The first-order chi connectivity index (χ1) is 14.0. The average Bonchev–Trinajstić information content (AvgIpc) is 2.63. The van der Waals surface area contributed by atoms with Gasteiger partial charge in [-0.15, -0.1) is 11.8 Å². The minimum absolute atomic E-state index is 0.00769. The number of aryl methyl sites for hydroxylation is 1. The number of hydrogen-bond donors (Lipinski definition) is 1. The van der Waals surface area contributed by atoms with Crippen molar-refractivity contribution < 1.29 is 5.11 Å². The Morgan fingerprint density at radius 2 is 1.50 bits per heavy atom. The van der Waals surface area contributed by atoms with Crippen molar-refractivity contribution in [1.82, 2.24) is 0 Å². The molecule has 2 radical (unpaired) electrons. The van der Waals surface area contributed by atoms with Gasteiger partial charge in [0.15, 0.2) is 0 Å². The number of phenols is 1. The molecule has 0 saturated carbocycles. The fourth-order valence-corrected chi connectivity index (χ4v) is 6.88. The lowest BCUT2D eigenvalue weighted by Gasteiger charge is -2.27. The summed E-state index contributed by atoms with van der Waals surface area (Å²) in [6, 6.07) is 11.2. The van der Waals surface area contributed by atoms with Gasteiger partial charge in [0.25, 0.3) is 0 Å².